The van der Waals surface area contributed by atoms with E-state index in [1.807, 2.05) is 0 Å². The van der Waals surface area contributed by atoms with E-state index in [1.54, 1.807) is 0 Å². The molecule has 0 aromatic heterocycles. The third kappa shape index (κ3) is 2.65. The molecule has 0 amide bonds. The Bertz CT molecular complexity index is 142. The van der Waals surface area contributed by atoms with Crippen molar-refractivity contribution in [2.45, 2.75) is 47.0 Å². The number of halogens is 1. The van der Waals surface area contributed by atoms with Gasteiger partial charge >= 0.3 is 0 Å². The highest BCUT2D eigenvalue weighted by Crippen LogP contribution is 2.48. The van der Waals surface area contributed by atoms with Gasteiger partial charge in [0, 0.05) is 5.88 Å². The Hall–Kier alpha value is 0.290. The molecule has 1 aliphatic rings. The molecule has 12 heavy (non-hydrogen) atoms. The van der Waals surface area contributed by atoms with E-state index in [4.69, 9.17) is 11.6 Å². The van der Waals surface area contributed by atoms with Crippen molar-refractivity contribution in [1.29, 1.82) is 0 Å². The van der Waals surface area contributed by atoms with Gasteiger partial charge in [0.15, 0.2) is 0 Å². The lowest BCUT2D eigenvalue weighted by atomic mass is 9.62. The molecule has 0 aliphatic heterocycles. The summed E-state index contributed by atoms with van der Waals surface area (Å²) in [4.78, 5) is 0. The maximum atomic E-state index is 5.93. The summed E-state index contributed by atoms with van der Waals surface area (Å²) < 4.78 is 0. The summed E-state index contributed by atoms with van der Waals surface area (Å²) in [5.74, 6) is 1.58. The van der Waals surface area contributed by atoms with Gasteiger partial charge in [0.25, 0.3) is 0 Å². The first-order chi connectivity index (χ1) is 5.35. The van der Waals surface area contributed by atoms with E-state index in [1.165, 1.54) is 19.3 Å². The van der Waals surface area contributed by atoms with Crippen LogP contribution in [0.15, 0.2) is 0 Å². The molecular formula is C11H21Cl. The topological polar surface area (TPSA) is 0 Å². The molecule has 0 bridgehead atoms. The van der Waals surface area contributed by atoms with E-state index in [0.29, 0.717) is 10.8 Å². The van der Waals surface area contributed by atoms with Crippen molar-refractivity contribution in [2.75, 3.05) is 5.88 Å². The molecule has 0 nitrogen and oxygen atoms in total. The fourth-order valence-electron chi connectivity index (χ4n) is 3.18. The average Bonchev–Trinajstić information content (AvgIpc) is 1.80. The van der Waals surface area contributed by atoms with Crippen LogP contribution in [0.4, 0.5) is 0 Å². The van der Waals surface area contributed by atoms with Crippen molar-refractivity contribution in [1.82, 2.24) is 0 Å². The van der Waals surface area contributed by atoms with Crippen LogP contribution in [0.5, 0.6) is 0 Å². The lowest BCUT2D eigenvalue weighted by molar-refractivity contribution is 0.0767. The predicted octanol–water partition coefficient (Wildman–Crippen LogP) is 4.08. The van der Waals surface area contributed by atoms with Crippen LogP contribution in [0.25, 0.3) is 0 Å². The second-order valence-corrected chi connectivity index (χ2v) is 6.24. The van der Waals surface area contributed by atoms with Crippen molar-refractivity contribution >= 4 is 11.6 Å². The van der Waals surface area contributed by atoms with Crippen molar-refractivity contribution in [2.24, 2.45) is 16.7 Å². The highest BCUT2D eigenvalue weighted by molar-refractivity contribution is 6.18. The summed E-state index contributed by atoms with van der Waals surface area (Å²) in [6.45, 7) is 9.47. The van der Waals surface area contributed by atoms with Gasteiger partial charge in [0.1, 0.15) is 0 Å². The zero-order valence-electron chi connectivity index (χ0n) is 8.78. The van der Waals surface area contributed by atoms with Crippen LogP contribution in [0, 0.1) is 16.7 Å². The summed E-state index contributed by atoms with van der Waals surface area (Å²) in [6, 6.07) is 0. The van der Waals surface area contributed by atoms with Crippen LogP contribution in [-0.4, -0.2) is 5.88 Å². The fraction of sp³-hybridized carbons (Fsp3) is 1.00. The Balaban J connectivity index is 2.66. The minimum Gasteiger partial charge on any atom is -0.126 e. The van der Waals surface area contributed by atoms with Gasteiger partial charge in [-0.05, 0) is 36.0 Å². The Morgan fingerprint density at radius 1 is 1.08 bits per heavy atom. The zero-order valence-corrected chi connectivity index (χ0v) is 9.54. The summed E-state index contributed by atoms with van der Waals surface area (Å²) >= 11 is 5.93. The first-order valence-corrected chi connectivity index (χ1v) is 5.44. The predicted molar refractivity (Wildman–Crippen MR) is 55.6 cm³/mol. The van der Waals surface area contributed by atoms with Crippen LogP contribution < -0.4 is 0 Å². The molecule has 0 spiro atoms. The molecule has 0 saturated heterocycles. The minimum atomic E-state index is 0.501. The molecule has 1 heteroatoms. The van der Waals surface area contributed by atoms with E-state index >= 15 is 0 Å². The third-order valence-corrected chi connectivity index (χ3v) is 3.29. The molecule has 1 aliphatic carbocycles. The van der Waals surface area contributed by atoms with Crippen LogP contribution in [-0.2, 0) is 0 Å². The molecule has 1 saturated carbocycles. The molecule has 1 rings (SSSR count). The monoisotopic (exact) mass is 188 g/mol. The third-order valence-electron chi connectivity index (χ3n) is 2.86. The van der Waals surface area contributed by atoms with Gasteiger partial charge < -0.3 is 0 Å². The Morgan fingerprint density at radius 3 is 1.83 bits per heavy atom. The second kappa shape index (κ2) is 3.21. The maximum Gasteiger partial charge on any atom is 0.0252 e. The summed E-state index contributed by atoms with van der Waals surface area (Å²) in [7, 11) is 0. The molecular weight excluding hydrogens is 168 g/mol. The fourth-order valence-corrected chi connectivity index (χ4v) is 3.40. The smallest absolute Gasteiger partial charge is 0.0252 e. The van der Waals surface area contributed by atoms with Crippen LogP contribution in [0.1, 0.15) is 47.0 Å². The Labute approximate surface area is 81.7 Å². The van der Waals surface area contributed by atoms with E-state index in [2.05, 4.69) is 27.7 Å². The lowest BCUT2D eigenvalue weighted by Gasteiger charge is -2.44. The van der Waals surface area contributed by atoms with Gasteiger partial charge in [0.05, 0.1) is 0 Å². The highest BCUT2D eigenvalue weighted by atomic mass is 35.5. The molecule has 0 radical (unpaired) electrons. The Kier molecular flexibility index (Phi) is 2.78. The highest BCUT2D eigenvalue weighted by Gasteiger charge is 2.37. The number of rotatable bonds is 1. The average molecular weight is 189 g/mol. The summed E-state index contributed by atoms with van der Waals surface area (Å²) in [5.41, 5.74) is 1.00. The first kappa shape index (κ1) is 10.4. The molecule has 72 valence electrons. The van der Waals surface area contributed by atoms with Crippen molar-refractivity contribution in [3.05, 3.63) is 0 Å². The van der Waals surface area contributed by atoms with Crippen LogP contribution in [0.2, 0.25) is 0 Å². The SMILES string of the molecule is CC1(C)CC(CCl)CC(C)(C)C1. The zero-order chi connectivity index (χ0) is 9.41. The largest absolute Gasteiger partial charge is 0.126 e. The van der Waals surface area contributed by atoms with Gasteiger partial charge in [0.2, 0.25) is 0 Å². The minimum absolute atomic E-state index is 0.501. The molecule has 0 aromatic rings. The molecule has 0 atom stereocenters. The van der Waals surface area contributed by atoms with E-state index in [0.717, 1.165) is 11.8 Å². The number of hydrogen-bond acceptors (Lipinski definition) is 0. The van der Waals surface area contributed by atoms with E-state index in [-0.39, 0.29) is 0 Å². The first-order valence-electron chi connectivity index (χ1n) is 4.91. The van der Waals surface area contributed by atoms with Gasteiger partial charge in [-0.2, -0.15) is 0 Å². The van der Waals surface area contributed by atoms with Gasteiger partial charge in [-0.1, -0.05) is 27.7 Å². The maximum absolute atomic E-state index is 5.93. The van der Waals surface area contributed by atoms with Crippen molar-refractivity contribution in [3.63, 3.8) is 0 Å². The normalized spacial score (nSPS) is 28.8. The molecule has 0 aromatic carbocycles. The summed E-state index contributed by atoms with van der Waals surface area (Å²) in [6.07, 6.45) is 3.95. The van der Waals surface area contributed by atoms with Crippen molar-refractivity contribution in [3.8, 4) is 0 Å². The van der Waals surface area contributed by atoms with E-state index < -0.39 is 0 Å². The lowest BCUT2D eigenvalue weighted by Crippen LogP contribution is -2.34. The van der Waals surface area contributed by atoms with Crippen LogP contribution in [0.3, 0.4) is 0 Å². The van der Waals surface area contributed by atoms with E-state index in [9.17, 15) is 0 Å². The van der Waals surface area contributed by atoms with Gasteiger partial charge in [-0.3, -0.25) is 0 Å². The number of hydrogen-bond donors (Lipinski definition) is 0. The van der Waals surface area contributed by atoms with Gasteiger partial charge in [-0.25, -0.2) is 0 Å². The molecule has 1 fully saturated rings. The summed E-state index contributed by atoms with van der Waals surface area (Å²) in [5, 5.41) is 0. The van der Waals surface area contributed by atoms with Crippen molar-refractivity contribution < 1.29 is 0 Å². The standard InChI is InChI=1S/C11H21Cl/c1-10(2)5-9(7-12)6-11(3,4)8-10/h9H,5-8H2,1-4H3. The Morgan fingerprint density at radius 2 is 1.50 bits per heavy atom. The number of alkyl halides is 1. The van der Waals surface area contributed by atoms with Crippen LogP contribution >= 0.6 is 11.6 Å². The van der Waals surface area contributed by atoms with Gasteiger partial charge in [-0.15, -0.1) is 11.6 Å². The molecule has 0 unspecified atom stereocenters. The molecule has 0 heterocycles. The molecule has 0 N–H and O–H groups in total. The quantitative estimate of drug-likeness (QED) is 0.544. The second-order valence-electron chi connectivity index (χ2n) is 5.93.